The lowest BCUT2D eigenvalue weighted by Crippen LogP contribution is -2.65. The molecule has 1 aliphatic heterocycles. The molecule has 2 heterocycles. The molecule has 0 saturated heterocycles. The number of carbonyl (C=O) groups excluding carboxylic acids is 3. The van der Waals surface area contributed by atoms with Gasteiger partial charge in [0.05, 0.1) is 25.2 Å². The van der Waals surface area contributed by atoms with Gasteiger partial charge in [-0.1, -0.05) is 25.0 Å². The summed E-state index contributed by atoms with van der Waals surface area (Å²) in [5, 5.41) is 6.00. The summed E-state index contributed by atoms with van der Waals surface area (Å²) in [4.78, 5) is 46.3. The van der Waals surface area contributed by atoms with E-state index in [4.69, 9.17) is 4.74 Å². The standard InChI is InChI=1S/C25H31N5O4/c1-3-34-19-11-7-6-10-18(19)28-22(31)20-21-23(32)30(17-12-13-17)25(2,14-29(21)15-26-20)24(33)27-16-8-4-5-9-16/h6-7,10-11,15-17H,3-5,8-9,12-14H2,1-2H3,(H,27,33)(H,28,31)/t25-/m0/s1. The second kappa shape index (κ2) is 8.77. The molecule has 9 nitrogen and oxygen atoms in total. The van der Waals surface area contributed by atoms with Crippen molar-refractivity contribution in [3.8, 4) is 5.75 Å². The highest BCUT2D eigenvalue weighted by atomic mass is 16.5. The van der Waals surface area contributed by atoms with E-state index in [1.807, 2.05) is 19.9 Å². The first-order valence-corrected chi connectivity index (χ1v) is 12.2. The van der Waals surface area contributed by atoms with Gasteiger partial charge < -0.3 is 24.8 Å². The van der Waals surface area contributed by atoms with Crippen LogP contribution in [0, 0.1) is 0 Å². The summed E-state index contributed by atoms with van der Waals surface area (Å²) >= 11 is 0. The number of anilines is 1. The SMILES string of the molecule is CCOc1ccccc1NC(=O)c1ncn2c1C(=O)N(C1CC1)[C@](C)(C(=O)NC1CCCC1)C2. The van der Waals surface area contributed by atoms with Crippen molar-refractivity contribution in [2.45, 2.75) is 76.5 Å². The van der Waals surface area contributed by atoms with E-state index in [1.165, 1.54) is 6.33 Å². The Hall–Kier alpha value is -3.36. The van der Waals surface area contributed by atoms with E-state index < -0.39 is 11.4 Å². The Morgan fingerprint density at radius 3 is 2.62 bits per heavy atom. The zero-order valence-electron chi connectivity index (χ0n) is 19.7. The van der Waals surface area contributed by atoms with Crippen molar-refractivity contribution >= 4 is 23.4 Å². The van der Waals surface area contributed by atoms with Crippen molar-refractivity contribution in [3.05, 3.63) is 42.0 Å². The summed E-state index contributed by atoms with van der Waals surface area (Å²) in [5.41, 5.74) is -0.229. The number of nitrogens with zero attached hydrogens (tertiary/aromatic N) is 3. The average Bonchev–Trinajstić information content (AvgIpc) is 3.32. The third kappa shape index (κ3) is 3.93. The fourth-order valence-corrected chi connectivity index (χ4v) is 5.17. The Labute approximate surface area is 198 Å². The first-order valence-electron chi connectivity index (χ1n) is 12.2. The number of benzene rings is 1. The first-order chi connectivity index (χ1) is 16.4. The van der Waals surface area contributed by atoms with E-state index in [0.29, 0.717) is 18.0 Å². The molecule has 2 saturated carbocycles. The first kappa shape index (κ1) is 22.4. The highest BCUT2D eigenvalue weighted by Gasteiger charge is 2.54. The largest absolute Gasteiger partial charge is 0.492 e. The van der Waals surface area contributed by atoms with E-state index in [1.54, 1.807) is 27.7 Å². The lowest BCUT2D eigenvalue weighted by atomic mass is 9.93. The van der Waals surface area contributed by atoms with Gasteiger partial charge in [0.25, 0.3) is 11.8 Å². The monoisotopic (exact) mass is 465 g/mol. The molecular formula is C25H31N5O4. The topological polar surface area (TPSA) is 106 Å². The van der Waals surface area contributed by atoms with Crippen LogP contribution < -0.4 is 15.4 Å². The van der Waals surface area contributed by atoms with Crippen LogP contribution >= 0.6 is 0 Å². The van der Waals surface area contributed by atoms with E-state index in [9.17, 15) is 14.4 Å². The molecule has 3 amide bonds. The number of nitrogens with one attached hydrogen (secondary N) is 2. The molecule has 0 unspecified atom stereocenters. The predicted octanol–water partition coefficient (Wildman–Crippen LogP) is 2.97. The summed E-state index contributed by atoms with van der Waals surface area (Å²) in [7, 11) is 0. The maximum Gasteiger partial charge on any atom is 0.276 e. The molecule has 0 spiro atoms. The molecule has 5 rings (SSSR count). The number of ether oxygens (including phenoxy) is 1. The molecule has 0 radical (unpaired) electrons. The van der Waals surface area contributed by atoms with Gasteiger partial charge in [-0.25, -0.2) is 4.98 Å². The highest BCUT2D eigenvalue weighted by Crippen LogP contribution is 2.39. The second-order valence-electron chi connectivity index (χ2n) is 9.59. The summed E-state index contributed by atoms with van der Waals surface area (Å²) in [5.74, 6) is -0.383. The van der Waals surface area contributed by atoms with E-state index >= 15 is 0 Å². The summed E-state index contributed by atoms with van der Waals surface area (Å²) in [6, 6.07) is 7.31. The number of fused-ring (bicyclic) bond motifs is 1. The van der Waals surface area contributed by atoms with Gasteiger partial charge in [0.1, 0.15) is 17.0 Å². The van der Waals surface area contributed by atoms with Crippen molar-refractivity contribution in [1.29, 1.82) is 0 Å². The molecule has 1 aromatic heterocycles. The third-order valence-electron chi connectivity index (χ3n) is 7.01. The number of imidazole rings is 1. The smallest absolute Gasteiger partial charge is 0.276 e. The number of para-hydroxylation sites is 2. The number of carbonyl (C=O) groups is 3. The molecule has 2 fully saturated rings. The number of hydrogen-bond acceptors (Lipinski definition) is 5. The van der Waals surface area contributed by atoms with Gasteiger partial charge in [-0.3, -0.25) is 14.4 Å². The molecular weight excluding hydrogens is 434 g/mol. The van der Waals surface area contributed by atoms with Crippen molar-refractivity contribution < 1.29 is 19.1 Å². The fourth-order valence-electron chi connectivity index (χ4n) is 5.17. The number of aromatic nitrogens is 2. The lowest BCUT2D eigenvalue weighted by molar-refractivity contribution is -0.134. The maximum absolute atomic E-state index is 13.7. The van der Waals surface area contributed by atoms with Gasteiger partial charge >= 0.3 is 0 Å². The molecule has 1 atom stereocenters. The third-order valence-corrected chi connectivity index (χ3v) is 7.01. The van der Waals surface area contributed by atoms with Gasteiger partial charge in [0.15, 0.2) is 5.69 Å². The maximum atomic E-state index is 13.7. The van der Waals surface area contributed by atoms with Crippen molar-refractivity contribution in [2.75, 3.05) is 11.9 Å². The Balaban J connectivity index is 1.43. The average molecular weight is 466 g/mol. The Morgan fingerprint density at radius 2 is 1.91 bits per heavy atom. The van der Waals surface area contributed by atoms with Crippen LogP contribution in [-0.2, 0) is 11.3 Å². The molecule has 2 aromatic rings. The van der Waals surface area contributed by atoms with Crippen LogP contribution in [0.2, 0.25) is 0 Å². The summed E-state index contributed by atoms with van der Waals surface area (Å²) in [6.07, 6.45) is 7.38. The Bertz CT molecular complexity index is 1120. The van der Waals surface area contributed by atoms with E-state index in [2.05, 4.69) is 15.6 Å². The quantitative estimate of drug-likeness (QED) is 0.654. The van der Waals surface area contributed by atoms with Crippen molar-refractivity contribution in [2.24, 2.45) is 0 Å². The molecule has 2 aliphatic carbocycles. The van der Waals surface area contributed by atoms with Crippen LogP contribution in [0.5, 0.6) is 5.75 Å². The van der Waals surface area contributed by atoms with Gasteiger partial charge in [-0.05, 0) is 51.7 Å². The summed E-state index contributed by atoms with van der Waals surface area (Å²) < 4.78 is 7.25. The van der Waals surface area contributed by atoms with E-state index in [-0.39, 0.29) is 41.8 Å². The lowest BCUT2D eigenvalue weighted by Gasteiger charge is -2.44. The minimum Gasteiger partial charge on any atom is -0.492 e. The zero-order valence-corrected chi connectivity index (χ0v) is 19.7. The van der Waals surface area contributed by atoms with Crippen molar-refractivity contribution in [1.82, 2.24) is 19.8 Å². The van der Waals surface area contributed by atoms with Crippen molar-refractivity contribution in [3.63, 3.8) is 0 Å². The molecule has 1 aromatic carbocycles. The fraction of sp³-hybridized carbons (Fsp3) is 0.520. The van der Waals surface area contributed by atoms with Gasteiger partial charge in [-0.2, -0.15) is 0 Å². The van der Waals surface area contributed by atoms with Gasteiger partial charge in [0, 0.05) is 12.1 Å². The van der Waals surface area contributed by atoms with Crippen LogP contribution in [0.4, 0.5) is 5.69 Å². The molecule has 3 aliphatic rings. The summed E-state index contributed by atoms with van der Waals surface area (Å²) in [6.45, 7) is 4.42. The zero-order chi connectivity index (χ0) is 23.9. The van der Waals surface area contributed by atoms with Crippen LogP contribution in [-0.4, -0.2) is 56.4 Å². The van der Waals surface area contributed by atoms with Gasteiger partial charge in [0.2, 0.25) is 5.91 Å². The Morgan fingerprint density at radius 1 is 1.18 bits per heavy atom. The minimum absolute atomic E-state index is 0.00469. The van der Waals surface area contributed by atoms with Crippen LogP contribution in [0.3, 0.4) is 0 Å². The normalized spacial score (nSPS) is 22.4. The highest BCUT2D eigenvalue weighted by molar-refractivity contribution is 6.12. The number of rotatable bonds is 7. The molecule has 180 valence electrons. The molecule has 34 heavy (non-hydrogen) atoms. The number of amides is 3. The van der Waals surface area contributed by atoms with E-state index in [0.717, 1.165) is 38.5 Å². The minimum atomic E-state index is -1.02. The molecule has 2 N–H and O–H groups in total. The van der Waals surface area contributed by atoms with Crippen LogP contribution in [0.15, 0.2) is 30.6 Å². The van der Waals surface area contributed by atoms with Gasteiger partial charge in [-0.15, -0.1) is 0 Å². The molecule has 9 heteroatoms. The molecule has 0 bridgehead atoms. The predicted molar refractivity (Wildman–Crippen MR) is 126 cm³/mol. The second-order valence-corrected chi connectivity index (χ2v) is 9.59. The number of hydrogen-bond donors (Lipinski definition) is 2. The van der Waals surface area contributed by atoms with Crippen LogP contribution in [0.1, 0.15) is 73.3 Å². The Kier molecular flexibility index (Phi) is 5.79. The van der Waals surface area contributed by atoms with Crippen LogP contribution in [0.25, 0.3) is 0 Å².